The van der Waals surface area contributed by atoms with E-state index in [0.29, 0.717) is 23.8 Å². The molecule has 1 aromatic rings. The average Bonchev–Trinajstić information content (AvgIpc) is 2.80. The molecule has 2 aliphatic carbocycles. The zero-order chi connectivity index (χ0) is 23.5. The van der Waals surface area contributed by atoms with Gasteiger partial charge in [-0.15, -0.1) is 0 Å². The molecule has 0 radical (unpaired) electrons. The highest BCUT2D eigenvalue weighted by Gasteiger charge is 2.39. The Hall–Kier alpha value is -1.82. The van der Waals surface area contributed by atoms with Crippen LogP contribution in [0.15, 0.2) is 42.0 Å². The van der Waals surface area contributed by atoms with Crippen LogP contribution >= 0.6 is 0 Å². The van der Waals surface area contributed by atoms with Crippen molar-refractivity contribution in [3.63, 3.8) is 0 Å². The van der Waals surface area contributed by atoms with E-state index in [4.69, 9.17) is 9.47 Å². The Bertz CT molecular complexity index is 865. The summed E-state index contributed by atoms with van der Waals surface area (Å²) in [7, 11) is 3.33. The molecular formula is C28H41NO4. The summed E-state index contributed by atoms with van der Waals surface area (Å²) in [5.74, 6) is 3.10. The second kappa shape index (κ2) is 10.6. The Balaban J connectivity index is 1.46. The van der Waals surface area contributed by atoms with Crippen LogP contribution in [0.1, 0.15) is 51.5 Å². The number of benzene rings is 1. The maximum Gasteiger partial charge on any atom is 0.161 e. The summed E-state index contributed by atoms with van der Waals surface area (Å²) in [6.45, 7) is 6.23. The van der Waals surface area contributed by atoms with Crippen LogP contribution < -0.4 is 9.47 Å². The maximum absolute atomic E-state index is 10.9. The number of hydrogen-bond acceptors (Lipinski definition) is 5. The highest BCUT2D eigenvalue weighted by Crippen LogP contribution is 2.44. The number of hydrogen-bond donors (Lipinski definition) is 2. The van der Waals surface area contributed by atoms with Crippen molar-refractivity contribution >= 4 is 0 Å². The lowest BCUT2D eigenvalue weighted by atomic mass is 9.65. The smallest absolute Gasteiger partial charge is 0.161 e. The summed E-state index contributed by atoms with van der Waals surface area (Å²) < 4.78 is 10.9. The monoisotopic (exact) mass is 455 g/mol. The summed E-state index contributed by atoms with van der Waals surface area (Å²) in [4.78, 5) is 2.52. The summed E-state index contributed by atoms with van der Waals surface area (Å²) in [6, 6.07) is 6.48. The van der Waals surface area contributed by atoms with Gasteiger partial charge in [0.2, 0.25) is 0 Å². The summed E-state index contributed by atoms with van der Waals surface area (Å²) in [5.41, 5.74) is 2.53. The van der Waals surface area contributed by atoms with Crippen LogP contribution in [0, 0.1) is 23.7 Å². The fourth-order valence-corrected chi connectivity index (χ4v) is 6.32. The van der Waals surface area contributed by atoms with E-state index in [1.54, 1.807) is 14.2 Å². The highest BCUT2D eigenvalue weighted by molar-refractivity contribution is 5.42. The number of rotatable bonds is 7. The predicted octanol–water partition coefficient (Wildman–Crippen LogP) is 4.57. The molecule has 2 N–H and O–H groups in total. The Morgan fingerprint density at radius 3 is 2.58 bits per heavy atom. The highest BCUT2D eigenvalue weighted by atomic mass is 16.5. The van der Waals surface area contributed by atoms with Crippen molar-refractivity contribution in [1.82, 2.24) is 4.90 Å². The molecule has 7 unspecified atom stereocenters. The maximum atomic E-state index is 10.9. The number of aliphatic hydroxyl groups is 2. The second-order valence-electron chi connectivity index (χ2n) is 10.4. The second-order valence-corrected chi connectivity index (χ2v) is 10.4. The normalized spacial score (nSPS) is 34.5. The van der Waals surface area contributed by atoms with E-state index in [2.05, 4.69) is 49.1 Å². The third kappa shape index (κ3) is 5.47. The minimum Gasteiger partial charge on any atom is -0.493 e. The number of allylic oxidation sites excluding steroid dienone is 3. The van der Waals surface area contributed by atoms with Gasteiger partial charge in [0.1, 0.15) is 0 Å². The molecular weight excluding hydrogens is 414 g/mol. The number of nitrogens with zero attached hydrogens (tertiary/aromatic N) is 1. The first-order valence-corrected chi connectivity index (χ1v) is 12.6. The quantitative estimate of drug-likeness (QED) is 0.630. The van der Waals surface area contributed by atoms with Crippen molar-refractivity contribution < 1.29 is 19.7 Å². The van der Waals surface area contributed by atoms with E-state index in [-0.39, 0.29) is 18.1 Å². The predicted molar refractivity (Wildman–Crippen MR) is 131 cm³/mol. The van der Waals surface area contributed by atoms with Crippen molar-refractivity contribution in [2.24, 2.45) is 23.7 Å². The fourth-order valence-electron chi connectivity index (χ4n) is 6.32. The molecule has 0 spiro atoms. The Kier molecular flexibility index (Phi) is 7.83. The van der Waals surface area contributed by atoms with Gasteiger partial charge in [-0.25, -0.2) is 0 Å². The first-order chi connectivity index (χ1) is 15.9. The van der Waals surface area contributed by atoms with Crippen molar-refractivity contribution in [3.05, 3.63) is 47.6 Å². The largest absolute Gasteiger partial charge is 0.493 e. The molecule has 0 aromatic heterocycles. The lowest BCUT2D eigenvalue weighted by molar-refractivity contribution is 0.0206. The molecule has 1 saturated heterocycles. The molecule has 5 heteroatoms. The lowest BCUT2D eigenvalue weighted by Gasteiger charge is -2.43. The Morgan fingerprint density at radius 1 is 1.03 bits per heavy atom. The first-order valence-electron chi connectivity index (χ1n) is 12.6. The van der Waals surface area contributed by atoms with Crippen LogP contribution in [-0.4, -0.2) is 54.1 Å². The molecule has 1 heterocycles. The van der Waals surface area contributed by atoms with Crippen LogP contribution in [0.4, 0.5) is 0 Å². The van der Waals surface area contributed by atoms with Crippen molar-refractivity contribution in [2.45, 2.75) is 70.7 Å². The van der Waals surface area contributed by atoms with Crippen LogP contribution in [0.5, 0.6) is 11.5 Å². The van der Waals surface area contributed by atoms with Crippen molar-refractivity contribution in [1.29, 1.82) is 0 Å². The van der Waals surface area contributed by atoms with E-state index < -0.39 is 0 Å². The van der Waals surface area contributed by atoms with Gasteiger partial charge < -0.3 is 19.7 Å². The van der Waals surface area contributed by atoms with Gasteiger partial charge in [-0.2, -0.15) is 0 Å². The van der Waals surface area contributed by atoms with Gasteiger partial charge in [0.05, 0.1) is 26.4 Å². The number of likely N-dealkylation sites (tertiary alicyclic amines) is 1. The average molecular weight is 456 g/mol. The molecule has 182 valence electrons. The van der Waals surface area contributed by atoms with Gasteiger partial charge in [0, 0.05) is 25.0 Å². The molecule has 1 fully saturated rings. The number of methoxy groups -OCH3 is 2. The molecule has 33 heavy (non-hydrogen) atoms. The standard InChI is InChI=1S/C28H41NO4/c1-18-13-21-7-5-19(2)24(28(21)25(31)14-18)9-8-22-16-23(30)11-12-29(22)17-20-6-10-26(32-3)27(15-20)33-4/h5-7,10,13,15,18-19,22-25,28,30-31H,8-9,11-12,14,16-17H2,1-4H3. The summed E-state index contributed by atoms with van der Waals surface area (Å²) in [5, 5.41) is 21.4. The molecule has 4 rings (SSSR count). The topological polar surface area (TPSA) is 62.2 Å². The van der Waals surface area contributed by atoms with Crippen LogP contribution in [-0.2, 0) is 6.54 Å². The number of aliphatic hydroxyl groups excluding tert-OH is 2. The fraction of sp³-hybridized carbons (Fsp3) is 0.643. The molecule has 7 atom stereocenters. The first kappa shape index (κ1) is 24.3. The van der Waals surface area contributed by atoms with Gasteiger partial charge in [0.15, 0.2) is 11.5 Å². The molecule has 1 aliphatic heterocycles. The Labute approximate surface area is 199 Å². The van der Waals surface area contributed by atoms with E-state index >= 15 is 0 Å². The van der Waals surface area contributed by atoms with Crippen LogP contribution in [0.25, 0.3) is 0 Å². The number of ether oxygens (including phenoxy) is 2. The molecule has 3 aliphatic rings. The van der Waals surface area contributed by atoms with E-state index in [1.807, 2.05) is 6.07 Å². The van der Waals surface area contributed by atoms with E-state index in [1.165, 1.54) is 11.1 Å². The number of fused-ring (bicyclic) bond motifs is 1. The van der Waals surface area contributed by atoms with E-state index in [0.717, 1.165) is 56.7 Å². The molecule has 0 amide bonds. The van der Waals surface area contributed by atoms with Gasteiger partial charge in [-0.05, 0) is 73.1 Å². The van der Waals surface area contributed by atoms with E-state index in [9.17, 15) is 10.2 Å². The zero-order valence-electron chi connectivity index (χ0n) is 20.6. The van der Waals surface area contributed by atoms with Gasteiger partial charge >= 0.3 is 0 Å². The minimum atomic E-state index is -0.253. The van der Waals surface area contributed by atoms with Gasteiger partial charge in [-0.1, -0.05) is 38.1 Å². The van der Waals surface area contributed by atoms with Crippen LogP contribution in [0.2, 0.25) is 0 Å². The molecule has 5 nitrogen and oxygen atoms in total. The van der Waals surface area contributed by atoms with Gasteiger partial charge in [-0.3, -0.25) is 4.90 Å². The van der Waals surface area contributed by atoms with Gasteiger partial charge in [0.25, 0.3) is 0 Å². The number of piperidine rings is 1. The third-order valence-electron chi connectivity index (χ3n) is 8.10. The SMILES string of the molecule is COc1ccc(CN2CCC(O)CC2CCC2C(C)C=CC3=CC(C)CC(O)C32)cc1OC. The van der Waals surface area contributed by atoms with Crippen molar-refractivity contribution in [2.75, 3.05) is 20.8 Å². The molecule has 1 aromatic carbocycles. The zero-order valence-corrected chi connectivity index (χ0v) is 20.6. The summed E-state index contributed by atoms with van der Waals surface area (Å²) >= 11 is 0. The van der Waals surface area contributed by atoms with Crippen molar-refractivity contribution in [3.8, 4) is 11.5 Å². The third-order valence-corrected chi connectivity index (χ3v) is 8.10. The summed E-state index contributed by atoms with van der Waals surface area (Å²) in [6.07, 6.45) is 11.1. The minimum absolute atomic E-state index is 0.225. The Morgan fingerprint density at radius 2 is 1.82 bits per heavy atom. The lowest BCUT2D eigenvalue weighted by Crippen LogP contribution is -2.45. The van der Waals surface area contributed by atoms with Crippen LogP contribution in [0.3, 0.4) is 0 Å². The molecule has 0 saturated carbocycles. The molecule has 0 bridgehead atoms.